The van der Waals surface area contributed by atoms with Crippen molar-refractivity contribution >= 4 is 15.9 Å². The van der Waals surface area contributed by atoms with Crippen LogP contribution in [0.5, 0.6) is 0 Å². The van der Waals surface area contributed by atoms with Gasteiger partial charge in [0, 0.05) is 10.0 Å². The van der Waals surface area contributed by atoms with Crippen molar-refractivity contribution < 1.29 is 4.42 Å². The van der Waals surface area contributed by atoms with Crippen LogP contribution in [0.4, 0.5) is 0 Å². The standard InChI is InChI=1S/C10H8BrNO/c1-7-2-3-8(4-9(7)11)10-5-12-6-13-10/h2-6H,1H3. The maximum Gasteiger partial charge on any atom is 0.181 e. The van der Waals surface area contributed by atoms with Gasteiger partial charge in [-0.2, -0.15) is 0 Å². The zero-order valence-electron chi connectivity index (χ0n) is 7.12. The lowest BCUT2D eigenvalue weighted by Gasteiger charge is -1.99. The first kappa shape index (κ1) is 8.51. The van der Waals surface area contributed by atoms with Gasteiger partial charge in [0.05, 0.1) is 6.20 Å². The second kappa shape index (κ2) is 3.34. The molecule has 1 aromatic carbocycles. The summed E-state index contributed by atoms with van der Waals surface area (Å²) >= 11 is 3.47. The lowest BCUT2D eigenvalue weighted by molar-refractivity contribution is 0.572. The van der Waals surface area contributed by atoms with Gasteiger partial charge in [-0.05, 0) is 18.6 Å². The van der Waals surface area contributed by atoms with Gasteiger partial charge in [0.1, 0.15) is 0 Å². The average molecular weight is 238 g/mol. The van der Waals surface area contributed by atoms with Crippen LogP contribution in [0.15, 0.2) is 39.7 Å². The van der Waals surface area contributed by atoms with Crippen molar-refractivity contribution in [1.29, 1.82) is 0 Å². The number of halogens is 1. The van der Waals surface area contributed by atoms with E-state index in [2.05, 4.69) is 20.9 Å². The number of benzene rings is 1. The molecule has 0 bridgehead atoms. The summed E-state index contributed by atoms with van der Waals surface area (Å²) in [6.07, 6.45) is 3.14. The van der Waals surface area contributed by atoms with E-state index in [0.29, 0.717) is 0 Å². The minimum absolute atomic E-state index is 0.792. The molecular weight excluding hydrogens is 230 g/mol. The lowest BCUT2D eigenvalue weighted by atomic mass is 10.1. The molecule has 66 valence electrons. The third-order valence-corrected chi connectivity index (χ3v) is 2.74. The summed E-state index contributed by atoms with van der Waals surface area (Å²) in [5.74, 6) is 0.792. The Morgan fingerprint density at radius 2 is 2.23 bits per heavy atom. The minimum Gasteiger partial charge on any atom is -0.444 e. The van der Waals surface area contributed by atoms with Crippen LogP contribution in [-0.4, -0.2) is 4.98 Å². The van der Waals surface area contributed by atoms with Gasteiger partial charge < -0.3 is 4.42 Å². The molecule has 0 spiro atoms. The third kappa shape index (κ3) is 1.65. The van der Waals surface area contributed by atoms with E-state index in [9.17, 15) is 0 Å². The summed E-state index contributed by atoms with van der Waals surface area (Å²) in [4.78, 5) is 3.87. The Labute approximate surface area is 84.7 Å². The third-order valence-electron chi connectivity index (χ3n) is 1.89. The van der Waals surface area contributed by atoms with Gasteiger partial charge in [-0.3, -0.25) is 0 Å². The van der Waals surface area contributed by atoms with Crippen LogP contribution in [-0.2, 0) is 0 Å². The van der Waals surface area contributed by atoms with Gasteiger partial charge in [-0.15, -0.1) is 0 Å². The van der Waals surface area contributed by atoms with Gasteiger partial charge in [0.25, 0.3) is 0 Å². The van der Waals surface area contributed by atoms with Crippen molar-refractivity contribution in [3.05, 3.63) is 40.8 Å². The number of aryl methyl sites for hydroxylation is 1. The summed E-state index contributed by atoms with van der Waals surface area (Å²) in [7, 11) is 0. The second-order valence-corrected chi connectivity index (χ2v) is 3.68. The molecule has 0 saturated heterocycles. The predicted molar refractivity (Wildman–Crippen MR) is 54.4 cm³/mol. The molecule has 0 aliphatic carbocycles. The molecule has 0 saturated carbocycles. The van der Waals surface area contributed by atoms with E-state index < -0.39 is 0 Å². The summed E-state index contributed by atoms with van der Waals surface area (Å²) in [6, 6.07) is 6.08. The van der Waals surface area contributed by atoms with Crippen LogP contribution in [0.1, 0.15) is 5.56 Å². The second-order valence-electron chi connectivity index (χ2n) is 2.83. The highest BCUT2D eigenvalue weighted by Crippen LogP contribution is 2.24. The number of hydrogen-bond acceptors (Lipinski definition) is 2. The zero-order chi connectivity index (χ0) is 9.26. The quantitative estimate of drug-likeness (QED) is 0.760. The molecule has 3 heteroatoms. The van der Waals surface area contributed by atoms with Crippen molar-refractivity contribution in [1.82, 2.24) is 4.98 Å². The summed E-state index contributed by atoms with van der Waals surface area (Å²) in [6.45, 7) is 2.05. The molecule has 2 rings (SSSR count). The first-order chi connectivity index (χ1) is 6.27. The number of rotatable bonds is 1. The predicted octanol–water partition coefficient (Wildman–Crippen LogP) is 3.41. The maximum atomic E-state index is 5.18. The molecule has 2 aromatic rings. The number of nitrogens with zero attached hydrogens (tertiary/aromatic N) is 1. The molecule has 13 heavy (non-hydrogen) atoms. The maximum absolute atomic E-state index is 5.18. The summed E-state index contributed by atoms with van der Waals surface area (Å²) < 4.78 is 6.27. The van der Waals surface area contributed by atoms with Gasteiger partial charge in [-0.1, -0.05) is 28.1 Å². The van der Waals surface area contributed by atoms with E-state index in [1.165, 1.54) is 12.0 Å². The van der Waals surface area contributed by atoms with Crippen LogP contribution < -0.4 is 0 Å². The normalized spacial score (nSPS) is 10.3. The first-order valence-electron chi connectivity index (χ1n) is 3.92. The minimum atomic E-state index is 0.792. The molecule has 0 radical (unpaired) electrons. The molecule has 1 heterocycles. The van der Waals surface area contributed by atoms with Gasteiger partial charge in [0.15, 0.2) is 12.2 Å². The van der Waals surface area contributed by atoms with Gasteiger partial charge >= 0.3 is 0 Å². The SMILES string of the molecule is Cc1ccc(-c2cnco2)cc1Br. The van der Waals surface area contributed by atoms with E-state index in [1.54, 1.807) is 6.20 Å². The van der Waals surface area contributed by atoms with Crippen molar-refractivity contribution in [2.24, 2.45) is 0 Å². The highest BCUT2D eigenvalue weighted by Gasteiger charge is 2.02. The number of hydrogen-bond donors (Lipinski definition) is 0. The number of aromatic nitrogens is 1. The van der Waals surface area contributed by atoms with Crippen LogP contribution in [0, 0.1) is 6.92 Å². The highest BCUT2D eigenvalue weighted by atomic mass is 79.9. The Balaban J connectivity index is 2.49. The van der Waals surface area contributed by atoms with E-state index >= 15 is 0 Å². The highest BCUT2D eigenvalue weighted by molar-refractivity contribution is 9.10. The van der Waals surface area contributed by atoms with Gasteiger partial charge in [0.2, 0.25) is 0 Å². The van der Waals surface area contributed by atoms with E-state index in [0.717, 1.165) is 15.8 Å². The van der Waals surface area contributed by atoms with Gasteiger partial charge in [-0.25, -0.2) is 4.98 Å². The van der Waals surface area contributed by atoms with E-state index in [1.807, 2.05) is 25.1 Å². The van der Waals surface area contributed by atoms with Crippen molar-refractivity contribution in [2.45, 2.75) is 6.92 Å². The molecule has 0 aliphatic rings. The molecular formula is C10H8BrNO. The molecule has 0 fully saturated rings. The first-order valence-corrected chi connectivity index (χ1v) is 4.71. The Kier molecular flexibility index (Phi) is 2.19. The fraction of sp³-hybridized carbons (Fsp3) is 0.100. The van der Waals surface area contributed by atoms with Crippen LogP contribution in [0.3, 0.4) is 0 Å². The monoisotopic (exact) mass is 237 g/mol. The van der Waals surface area contributed by atoms with Crippen molar-refractivity contribution in [3.63, 3.8) is 0 Å². The summed E-state index contributed by atoms with van der Waals surface area (Å²) in [5.41, 5.74) is 2.25. The molecule has 0 N–H and O–H groups in total. The van der Waals surface area contributed by atoms with E-state index in [4.69, 9.17) is 4.42 Å². The lowest BCUT2D eigenvalue weighted by Crippen LogP contribution is -1.78. The van der Waals surface area contributed by atoms with E-state index in [-0.39, 0.29) is 0 Å². The molecule has 0 unspecified atom stereocenters. The zero-order valence-corrected chi connectivity index (χ0v) is 8.71. The fourth-order valence-electron chi connectivity index (χ4n) is 1.10. The summed E-state index contributed by atoms with van der Waals surface area (Å²) in [5, 5.41) is 0. The average Bonchev–Trinajstić information content (AvgIpc) is 2.62. The van der Waals surface area contributed by atoms with Crippen molar-refractivity contribution in [2.75, 3.05) is 0 Å². The smallest absolute Gasteiger partial charge is 0.181 e. The Bertz CT molecular complexity index is 409. The van der Waals surface area contributed by atoms with Crippen LogP contribution in [0.2, 0.25) is 0 Å². The van der Waals surface area contributed by atoms with Crippen molar-refractivity contribution in [3.8, 4) is 11.3 Å². The number of oxazole rings is 1. The Morgan fingerprint density at radius 3 is 2.85 bits per heavy atom. The molecule has 2 nitrogen and oxygen atoms in total. The van der Waals surface area contributed by atoms with Crippen LogP contribution >= 0.6 is 15.9 Å². The molecule has 1 aromatic heterocycles. The topological polar surface area (TPSA) is 26.0 Å². The molecule has 0 atom stereocenters. The largest absolute Gasteiger partial charge is 0.444 e. The Hall–Kier alpha value is -1.09. The Morgan fingerprint density at radius 1 is 1.38 bits per heavy atom. The molecule has 0 aliphatic heterocycles. The van der Waals surface area contributed by atoms with Crippen LogP contribution in [0.25, 0.3) is 11.3 Å². The molecule has 0 amide bonds. The fourth-order valence-corrected chi connectivity index (χ4v) is 1.48.